The third-order valence-corrected chi connectivity index (χ3v) is 2.58. The maximum atomic E-state index is 5.66. The van der Waals surface area contributed by atoms with Crippen molar-refractivity contribution in [2.75, 3.05) is 23.9 Å². The van der Waals surface area contributed by atoms with Crippen molar-refractivity contribution < 1.29 is 0 Å². The van der Waals surface area contributed by atoms with E-state index in [1.807, 2.05) is 0 Å². The molecule has 0 bridgehead atoms. The summed E-state index contributed by atoms with van der Waals surface area (Å²) in [6.07, 6.45) is 2.27. The number of alkyl halides is 1. The fourth-order valence-electron chi connectivity index (χ4n) is 1.51. The number of hydrogen-bond acceptors (Lipinski definition) is 1. The van der Waals surface area contributed by atoms with Crippen LogP contribution in [-0.2, 0) is 0 Å². The molecule has 0 N–H and O–H groups in total. The van der Waals surface area contributed by atoms with Crippen molar-refractivity contribution >= 4 is 17.3 Å². The van der Waals surface area contributed by atoms with Crippen molar-refractivity contribution in [1.29, 1.82) is 0 Å². The van der Waals surface area contributed by atoms with E-state index in [-0.39, 0.29) is 0 Å². The number of anilines is 1. The first-order valence-corrected chi connectivity index (χ1v) is 5.78. The van der Waals surface area contributed by atoms with Crippen LogP contribution in [0.25, 0.3) is 0 Å². The molecule has 0 radical (unpaired) electrons. The van der Waals surface area contributed by atoms with Gasteiger partial charge in [-0.15, -0.1) is 11.6 Å². The zero-order valence-electron chi connectivity index (χ0n) is 8.75. The van der Waals surface area contributed by atoms with Crippen molar-refractivity contribution in [3.05, 3.63) is 30.3 Å². The molecule has 0 aliphatic heterocycles. The van der Waals surface area contributed by atoms with Gasteiger partial charge in [0.1, 0.15) is 0 Å². The Bertz CT molecular complexity index is 235. The van der Waals surface area contributed by atoms with Crippen LogP contribution in [0.2, 0.25) is 0 Å². The number of benzene rings is 1. The number of rotatable bonds is 6. The first-order chi connectivity index (χ1) is 6.88. The van der Waals surface area contributed by atoms with Crippen LogP contribution in [0.15, 0.2) is 30.3 Å². The van der Waals surface area contributed by atoms with E-state index in [1.54, 1.807) is 0 Å². The molecule has 78 valence electrons. The topological polar surface area (TPSA) is 3.24 Å². The molecule has 2 heteroatoms. The van der Waals surface area contributed by atoms with E-state index in [2.05, 4.69) is 42.2 Å². The minimum Gasteiger partial charge on any atom is -0.372 e. The molecule has 1 rings (SSSR count). The molecule has 14 heavy (non-hydrogen) atoms. The monoisotopic (exact) mass is 211 g/mol. The summed E-state index contributed by atoms with van der Waals surface area (Å²) in [4.78, 5) is 2.38. The standard InChI is InChI=1S/C12H18ClN/c1-2-14(11-7-6-10-13)12-8-4-3-5-9-12/h3-5,8-9H,2,6-7,10-11H2,1H3. The molecular formula is C12H18ClN. The van der Waals surface area contributed by atoms with E-state index < -0.39 is 0 Å². The Morgan fingerprint density at radius 3 is 2.43 bits per heavy atom. The van der Waals surface area contributed by atoms with Crippen LogP contribution in [-0.4, -0.2) is 19.0 Å². The predicted molar refractivity (Wildman–Crippen MR) is 64.3 cm³/mol. The summed E-state index contributed by atoms with van der Waals surface area (Å²) in [5, 5.41) is 0. The van der Waals surface area contributed by atoms with Gasteiger partial charge >= 0.3 is 0 Å². The molecule has 0 saturated heterocycles. The Kier molecular flexibility index (Phi) is 5.46. The summed E-state index contributed by atoms with van der Waals surface area (Å²) >= 11 is 5.66. The van der Waals surface area contributed by atoms with Gasteiger partial charge in [0.15, 0.2) is 0 Å². The van der Waals surface area contributed by atoms with Crippen molar-refractivity contribution in [2.45, 2.75) is 19.8 Å². The first-order valence-electron chi connectivity index (χ1n) is 5.24. The molecule has 0 aliphatic rings. The van der Waals surface area contributed by atoms with E-state index in [1.165, 1.54) is 12.1 Å². The van der Waals surface area contributed by atoms with Crippen molar-refractivity contribution in [1.82, 2.24) is 0 Å². The van der Waals surface area contributed by atoms with Gasteiger partial charge in [-0.2, -0.15) is 0 Å². The Labute approximate surface area is 91.7 Å². The molecule has 1 aromatic carbocycles. The van der Waals surface area contributed by atoms with Gasteiger partial charge in [-0.1, -0.05) is 18.2 Å². The maximum absolute atomic E-state index is 5.66. The summed E-state index contributed by atoms with van der Waals surface area (Å²) in [5.74, 6) is 0.770. The average Bonchev–Trinajstić information content (AvgIpc) is 2.26. The lowest BCUT2D eigenvalue weighted by Gasteiger charge is -2.22. The van der Waals surface area contributed by atoms with Gasteiger partial charge in [-0.05, 0) is 31.9 Å². The summed E-state index contributed by atoms with van der Waals surface area (Å²) in [7, 11) is 0. The van der Waals surface area contributed by atoms with Crippen LogP contribution in [0.4, 0.5) is 5.69 Å². The largest absolute Gasteiger partial charge is 0.372 e. The molecule has 0 aromatic heterocycles. The quantitative estimate of drug-likeness (QED) is 0.514. The average molecular weight is 212 g/mol. The van der Waals surface area contributed by atoms with Gasteiger partial charge in [0.25, 0.3) is 0 Å². The zero-order valence-corrected chi connectivity index (χ0v) is 9.50. The normalized spacial score (nSPS) is 10.1. The van der Waals surface area contributed by atoms with Crippen molar-refractivity contribution in [3.8, 4) is 0 Å². The van der Waals surface area contributed by atoms with E-state index >= 15 is 0 Å². The molecule has 0 atom stereocenters. The van der Waals surface area contributed by atoms with E-state index in [4.69, 9.17) is 11.6 Å². The number of unbranched alkanes of at least 4 members (excludes halogenated alkanes) is 1. The van der Waals surface area contributed by atoms with Crippen LogP contribution in [0.3, 0.4) is 0 Å². The van der Waals surface area contributed by atoms with Crippen LogP contribution in [0.1, 0.15) is 19.8 Å². The summed E-state index contributed by atoms with van der Waals surface area (Å²) in [6, 6.07) is 10.5. The highest BCUT2D eigenvalue weighted by Crippen LogP contribution is 2.13. The van der Waals surface area contributed by atoms with E-state index in [0.29, 0.717) is 0 Å². The Morgan fingerprint density at radius 2 is 1.86 bits per heavy atom. The molecule has 0 unspecified atom stereocenters. The second-order valence-electron chi connectivity index (χ2n) is 3.31. The predicted octanol–water partition coefficient (Wildman–Crippen LogP) is 3.53. The number of hydrogen-bond donors (Lipinski definition) is 0. The minimum absolute atomic E-state index is 0.770. The summed E-state index contributed by atoms with van der Waals surface area (Å²) in [6.45, 7) is 4.35. The van der Waals surface area contributed by atoms with Crippen molar-refractivity contribution in [2.24, 2.45) is 0 Å². The highest BCUT2D eigenvalue weighted by atomic mass is 35.5. The van der Waals surface area contributed by atoms with Gasteiger partial charge in [0, 0.05) is 24.7 Å². The molecule has 0 spiro atoms. The third kappa shape index (κ3) is 3.59. The van der Waals surface area contributed by atoms with Gasteiger partial charge in [-0.3, -0.25) is 0 Å². The third-order valence-electron chi connectivity index (χ3n) is 2.31. The maximum Gasteiger partial charge on any atom is 0.0366 e. The number of halogens is 1. The van der Waals surface area contributed by atoms with Gasteiger partial charge < -0.3 is 4.90 Å². The first kappa shape index (κ1) is 11.4. The fraction of sp³-hybridized carbons (Fsp3) is 0.500. The van der Waals surface area contributed by atoms with Gasteiger partial charge in [0.05, 0.1) is 0 Å². The summed E-state index contributed by atoms with van der Waals surface area (Å²) < 4.78 is 0. The highest BCUT2D eigenvalue weighted by Gasteiger charge is 2.01. The summed E-state index contributed by atoms with van der Waals surface area (Å²) in [5.41, 5.74) is 1.31. The molecule has 0 heterocycles. The smallest absolute Gasteiger partial charge is 0.0366 e. The molecule has 0 fully saturated rings. The van der Waals surface area contributed by atoms with Gasteiger partial charge in [-0.25, -0.2) is 0 Å². The van der Waals surface area contributed by atoms with Crippen molar-refractivity contribution in [3.63, 3.8) is 0 Å². The zero-order chi connectivity index (χ0) is 10.2. The molecular weight excluding hydrogens is 194 g/mol. The minimum atomic E-state index is 0.770. The molecule has 1 aromatic rings. The lowest BCUT2D eigenvalue weighted by atomic mass is 10.2. The van der Waals surface area contributed by atoms with Crippen LogP contribution in [0.5, 0.6) is 0 Å². The molecule has 0 saturated carbocycles. The SMILES string of the molecule is CCN(CCCCCl)c1ccccc1. The Hall–Kier alpha value is -0.690. The molecule has 0 aliphatic carbocycles. The van der Waals surface area contributed by atoms with E-state index in [0.717, 1.165) is 25.4 Å². The molecule has 1 nitrogen and oxygen atoms in total. The second-order valence-corrected chi connectivity index (χ2v) is 3.69. The lowest BCUT2D eigenvalue weighted by Crippen LogP contribution is -2.23. The Morgan fingerprint density at radius 1 is 1.14 bits per heavy atom. The number of nitrogens with zero attached hydrogens (tertiary/aromatic N) is 1. The van der Waals surface area contributed by atoms with Gasteiger partial charge in [0.2, 0.25) is 0 Å². The number of para-hydroxylation sites is 1. The second kappa shape index (κ2) is 6.72. The lowest BCUT2D eigenvalue weighted by molar-refractivity contribution is 0.735. The fourth-order valence-corrected chi connectivity index (χ4v) is 1.69. The highest BCUT2D eigenvalue weighted by molar-refractivity contribution is 6.17. The van der Waals surface area contributed by atoms with Crippen LogP contribution < -0.4 is 4.90 Å². The van der Waals surface area contributed by atoms with E-state index in [9.17, 15) is 0 Å². The molecule has 0 amide bonds. The van der Waals surface area contributed by atoms with Crippen LogP contribution in [0, 0.1) is 0 Å². The van der Waals surface area contributed by atoms with Crippen LogP contribution >= 0.6 is 11.6 Å². The Balaban J connectivity index is 2.46.